The summed E-state index contributed by atoms with van der Waals surface area (Å²) in [6.45, 7) is 11.7. The minimum absolute atomic E-state index is 0.0871. The van der Waals surface area contributed by atoms with Gasteiger partial charge >= 0.3 is 0 Å². The first kappa shape index (κ1) is 24.0. The Morgan fingerprint density at radius 3 is 2.48 bits per heavy atom. The number of allylic oxidation sites excluding steroid dienone is 1. The van der Waals surface area contributed by atoms with Crippen LogP contribution in [0.5, 0.6) is 0 Å². The lowest BCUT2D eigenvalue weighted by molar-refractivity contribution is -0.0570. The molecular formula is C27H46O3S. The fourth-order valence-electron chi connectivity index (χ4n) is 8.85. The van der Waals surface area contributed by atoms with Gasteiger partial charge in [-0.1, -0.05) is 46.3 Å². The largest absolute Gasteiger partial charge is 0.393 e. The molecule has 4 aliphatic carbocycles. The van der Waals surface area contributed by atoms with Crippen molar-refractivity contribution in [2.75, 3.05) is 0 Å². The first-order valence-corrected chi connectivity index (χ1v) is 14.2. The number of rotatable bonds is 6. The Hall–Kier alpha value is -0.190. The van der Waals surface area contributed by atoms with E-state index < -0.39 is 11.1 Å². The van der Waals surface area contributed by atoms with Crippen LogP contribution in [0.1, 0.15) is 98.8 Å². The maximum atomic E-state index is 12.3. The molecule has 4 rings (SSSR count). The predicted octanol–water partition coefficient (Wildman–Crippen LogP) is 6.59. The van der Waals surface area contributed by atoms with Gasteiger partial charge in [-0.05, 0) is 111 Å². The first-order valence-electron chi connectivity index (χ1n) is 13.0. The highest BCUT2D eigenvalue weighted by Gasteiger charge is 2.59. The molecule has 2 N–H and O–H groups in total. The van der Waals surface area contributed by atoms with Gasteiger partial charge in [0.05, 0.1) is 11.4 Å². The summed E-state index contributed by atoms with van der Waals surface area (Å²) >= 11 is -1.73. The van der Waals surface area contributed by atoms with Gasteiger partial charge in [0.1, 0.15) is 0 Å². The van der Waals surface area contributed by atoms with Crippen LogP contribution in [0, 0.1) is 46.3 Å². The molecule has 4 heteroatoms. The van der Waals surface area contributed by atoms with E-state index in [0.29, 0.717) is 28.6 Å². The summed E-state index contributed by atoms with van der Waals surface area (Å²) in [5, 5.41) is 10.1. The second-order valence-electron chi connectivity index (χ2n) is 12.5. The van der Waals surface area contributed by atoms with Crippen LogP contribution >= 0.6 is 0 Å². The number of aliphatic hydroxyl groups excluding tert-OH is 1. The van der Waals surface area contributed by atoms with Crippen LogP contribution in [-0.4, -0.2) is 25.2 Å². The van der Waals surface area contributed by atoms with E-state index in [-0.39, 0.29) is 11.4 Å². The molecule has 10 atom stereocenters. The fourth-order valence-corrected chi connectivity index (χ4v) is 9.74. The molecular weight excluding hydrogens is 404 g/mol. The van der Waals surface area contributed by atoms with Gasteiger partial charge in [-0.15, -0.1) is 0 Å². The molecule has 0 bridgehead atoms. The average molecular weight is 451 g/mol. The zero-order chi connectivity index (χ0) is 22.6. The molecule has 178 valence electrons. The highest BCUT2D eigenvalue weighted by atomic mass is 32.2. The Kier molecular flexibility index (Phi) is 6.85. The van der Waals surface area contributed by atoms with E-state index in [0.717, 1.165) is 49.9 Å². The summed E-state index contributed by atoms with van der Waals surface area (Å²) in [7, 11) is 0. The Morgan fingerprint density at radius 2 is 1.81 bits per heavy atom. The summed E-state index contributed by atoms with van der Waals surface area (Å²) in [5.41, 5.74) is 2.15. The third-order valence-electron chi connectivity index (χ3n) is 10.7. The van der Waals surface area contributed by atoms with Crippen LogP contribution < -0.4 is 0 Å². The van der Waals surface area contributed by atoms with Crippen molar-refractivity contribution in [1.82, 2.24) is 0 Å². The number of aliphatic hydroxyl groups is 1. The summed E-state index contributed by atoms with van der Waals surface area (Å²) in [6, 6.07) is 0. The van der Waals surface area contributed by atoms with Gasteiger partial charge < -0.3 is 9.66 Å². The van der Waals surface area contributed by atoms with Gasteiger partial charge in [0.2, 0.25) is 0 Å². The van der Waals surface area contributed by atoms with Gasteiger partial charge in [0.25, 0.3) is 0 Å². The Labute approximate surface area is 193 Å². The summed E-state index contributed by atoms with van der Waals surface area (Å²) in [4.78, 5) is 0. The topological polar surface area (TPSA) is 57.5 Å². The van der Waals surface area contributed by atoms with Gasteiger partial charge in [-0.3, -0.25) is 0 Å². The van der Waals surface area contributed by atoms with Crippen LogP contribution in [-0.2, 0) is 11.1 Å². The maximum absolute atomic E-state index is 12.3. The molecule has 3 fully saturated rings. The fraction of sp³-hybridized carbons (Fsp3) is 0.926. The smallest absolute Gasteiger partial charge is 0.156 e. The van der Waals surface area contributed by atoms with Crippen molar-refractivity contribution in [2.24, 2.45) is 46.3 Å². The van der Waals surface area contributed by atoms with E-state index in [1.165, 1.54) is 32.1 Å². The van der Waals surface area contributed by atoms with Crippen molar-refractivity contribution in [3.63, 3.8) is 0 Å². The van der Waals surface area contributed by atoms with Gasteiger partial charge in [-0.25, -0.2) is 4.21 Å². The van der Waals surface area contributed by atoms with Crippen molar-refractivity contribution in [3.8, 4) is 0 Å². The van der Waals surface area contributed by atoms with Crippen LogP contribution in [0.3, 0.4) is 0 Å². The molecule has 0 spiro atoms. The van der Waals surface area contributed by atoms with Gasteiger partial charge in [-0.2, -0.15) is 0 Å². The summed E-state index contributed by atoms with van der Waals surface area (Å²) in [6.07, 6.45) is 13.6. The molecule has 0 aliphatic heterocycles. The maximum Gasteiger partial charge on any atom is 0.156 e. The van der Waals surface area contributed by atoms with Crippen molar-refractivity contribution < 1.29 is 13.9 Å². The Bertz CT molecular complexity index is 717. The first-order chi connectivity index (χ1) is 14.6. The normalized spacial score (nSPS) is 45.3. The highest BCUT2D eigenvalue weighted by molar-refractivity contribution is 7.79. The summed E-state index contributed by atoms with van der Waals surface area (Å²) < 4.78 is 22.5. The van der Waals surface area contributed by atoms with Gasteiger partial charge in [0.15, 0.2) is 11.1 Å². The molecule has 0 radical (unpaired) electrons. The average Bonchev–Trinajstić information content (AvgIpc) is 3.05. The lowest BCUT2D eigenvalue weighted by Gasteiger charge is -2.58. The minimum atomic E-state index is -1.73. The van der Waals surface area contributed by atoms with E-state index in [4.69, 9.17) is 0 Å². The van der Waals surface area contributed by atoms with E-state index >= 15 is 0 Å². The van der Waals surface area contributed by atoms with E-state index in [9.17, 15) is 13.9 Å². The van der Waals surface area contributed by atoms with Crippen molar-refractivity contribution in [2.45, 2.75) is 110 Å². The zero-order valence-corrected chi connectivity index (χ0v) is 21.3. The minimum Gasteiger partial charge on any atom is -0.393 e. The molecule has 3 saturated carbocycles. The van der Waals surface area contributed by atoms with E-state index in [1.54, 1.807) is 5.57 Å². The quantitative estimate of drug-likeness (QED) is 0.354. The highest BCUT2D eigenvalue weighted by Crippen LogP contribution is 2.67. The molecule has 3 nitrogen and oxygen atoms in total. The molecule has 0 aromatic carbocycles. The molecule has 0 amide bonds. The number of hydrogen-bond donors (Lipinski definition) is 2. The number of hydrogen-bond acceptors (Lipinski definition) is 2. The van der Waals surface area contributed by atoms with E-state index in [1.807, 2.05) is 0 Å². The van der Waals surface area contributed by atoms with Crippen LogP contribution in [0.15, 0.2) is 11.6 Å². The van der Waals surface area contributed by atoms with Crippen LogP contribution in [0.4, 0.5) is 0 Å². The Balaban J connectivity index is 1.55. The van der Waals surface area contributed by atoms with Crippen LogP contribution in [0.2, 0.25) is 0 Å². The van der Waals surface area contributed by atoms with Crippen molar-refractivity contribution in [3.05, 3.63) is 11.6 Å². The molecule has 2 unspecified atom stereocenters. The molecule has 0 saturated heterocycles. The van der Waals surface area contributed by atoms with Crippen molar-refractivity contribution in [1.29, 1.82) is 0 Å². The number of fused-ring (bicyclic) bond motifs is 5. The third-order valence-corrected chi connectivity index (χ3v) is 11.8. The standard InChI is InChI=1S/C27H46O3S/c1-17(2)6-11-25(31(29)30)18(3)22-9-10-23-21-8-7-19-16-20(28)12-14-26(19,4)24(21)13-15-27(22,23)5/h7,17-18,20-25,28H,6,8-16H2,1-5H3,(H,29,30)/t18-,20-,21-,22+,23-,24-,25?,26-,27+/m0/s1. The van der Waals surface area contributed by atoms with E-state index in [2.05, 4.69) is 40.7 Å². The lowest BCUT2D eigenvalue weighted by Crippen LogP contribution is -2.51. The molecule has 0 heterocycles. The SMILES string of the molecule is CC(C)CCC([C@@H](C)[C@H]1CC[C@H]2[C@@H]3CC=C4C[C@@H](O)CC[C@]4(C)[C@H]3CC[C@]12C)S(=O)O. The van der Waals surface area contributed by atoms with Crippen LogP contribution in [0.25, 0.3) is 0 Å². The van der Waals surface area contributed by atoms with Gasteiger partial charge in [0, 0.05) is 0 Å². The molecule has 4 aliphatic rings. The lowest BCUT2D eigenvalue weighted by atomic mass is 9.47. The Morgan fingerprint density at radius 1 is 1.06 bits per heavy atom. The zero-order valence-electron chi connectivity index (χ0n) is 20.5. The molecule has 0 aromatic heterocycles. The predicted molar refractivity (Wildman–Crippen MR) is 129 cm³/mol. The molecule has 0 aromatic rings. The summed E-state index contributed by atoms with van der Waals surface area (Å²) in [5.74, 6) is 3.73. The second-order valence-corrected chi connectivity index (χ2v) is 13.7. The monoisotopic (exact) mass is 450 g/mol. The van der Waals surface area contributed by atoms with Crippen molar-refractivity contribution >= 4 is 11.1 Å². The third kappa shape index (κ3) is 4.12. The molecule has 31 heavy (non-hydrogen) atoms. The second kappa shape index (κ2) is 8.87.